The first-order chi connectivity index (χ1) is 10.1. The number of anilines is 2. The number of aromatic nitrogens is 2. The summed E-state index contributed by atoms with van der Waals surface area (Å²) in [6, 6.07) is 2.04. The van der Waals surface area contributed by atoms with E-state index in [0.29, 0.717) is 11.9 Å². The average molecular weight is 291 g/mol. The van der Waals surface area contributed by atoms with Crippen LogP contribution in [0.15, 0.2) is 6.07 Å². The lowest BCUT2D eigenvalue weighted by Gasteiger charge is -2.33. The molecule has 0 unspecified atom stereocenters. The Morgan fingerprint density at radius 2 is 2.10 bits per heavy atom. The zero-order valence-corrected chi connectivity index (χ0v) is 13.1. The van der Waals surface area contributed by atoms with Gasteiger partial charge in [0.1, 0.15) is 5.82 Å². The van der Waals surface area contributed by atoms with Gasteiger partial charge in [0, 0.05) is 44.9 Å². The fraction of sp³-hybridized carbons (Fsp3) is 0.667. The predicted molar refractivity (Wildman–Crippen MR) is 84.6 cm³/mol. The Balaban J connectivity index is 1.94. The number of carbonyl (C=O) groups excluding carboxylic acids is 1. The minimum Gasteiger partial charge on any atom is -0.356 e. The van der Waals surface area contributed by atoms with Crippen LogP contribution < -0.4 is 15.5 Å². The van der Waals surface area contributed by atoms with Crippen LogP contribution in [0.1, 0.15) is 32.4 Å². The van der Waals surface area contributed by atoms with E-state index >= 15 is 0 Å². The van der Waals surface area contributed by atoms with Gasteiger partial charge < -0.3 is 15.5 Å². The molecule has 1 aromatic heterocycles. The third-order valence-electron chi connectivity index (χ3n) is 3.75. The molecule has 6 nitrogen and oxygen atoms in total. The van der Waals surface area contributed by atoms with Crippen molar-refractivity contribution in [2.75, 3.05) is 36.4 Å². The van der Waals surface area contributed by atoms with Crippen molar-refractivity contribution < 1.29 is 4.79 Å². The standard InChI is InChI=1S/C15H25N5O/c1-4-16-15-18-11(2)9-14(19-15)20-7-5-13(6-8-20)10-17-12(3)21/h9,13H,4-8,10H2,1-3H3,(H,17,21)(H,16,18,19). The molecule has 0 radical (unpaired) electrons. The van der Waals surface area contributed by atoms with E-state index in [1.54, 1.807) is 6.92 Å². The Morgan fingerprint density at radius 1 is 1.38 bits per heavy atom. The van der Waals surface area contributed by atoms with Crippen LogP contribution in [0.25, 0.3) is 0 Å². The molecule has 1 aliphatic rings. The van der Waals surface area contributed by atoms with Crippen LogP contribution in [0.4, 0.5) is 11.8 Å². The summed E-state index contributed by atoms with van der Waals surface area (Å²) in [4.78, 5) is 22.2. The van der Waals surface area contributed by atoms with Crippen molar-refractivity contribution in [3.8, 4) is 0 Å². The van der Waals surface area contributed by atoms with Gasteiger partial charge >= 0.3 is 0 Å². The van der Waals surface area contributed by atoms with Crippen LogP contribution in [0.2, 0.25) is 0 Å². The maximum atomic E-state index is 11.0. The van der Waals surface area contributed by atoms with Gasteiger partial charge in [0.2, 0.25) is 11.9 Å². The largest absolute Gasteiger partial charge is 0.356 e. The van der Waals surface area contributed by atoms with Gasteiger partial charge in [-0.25, -0.2) is 4.98 Å². The van der Waals surface area contributed by atoms with Gasteiger partial charge in [0.25, 0.3) is 0 Å². The summed E-state index contributed by atoms with van der Waals surface area (Å²) in [6.45, 7) is 9.17. The highest BCUT2D eigenvalue weighted by atomic mass is 16.1. The molecular weight excluding hydrogens is 266 g/mol. The highest BCUT2D eigenvalue weighted by Crippen LogP contribution is 2.22. The van der Waals surface area contributed by atoms with Gasteiger partial charge in [-0.05, 0) is 32.6 Å². The number of amides is 1. The average Bonchev–Trinajstić information content (AvgIpc) is 2.45. The van der Waals surface area contributed by atoms with Crippen LogP contribution in [0.5, 0.6) is 0 Å². The van der Waals surface area contributed by atoms with Crippen LogP contribution in [-0.2, 0) is 4.79 Å². The van der Waals surface area contributed by atoms with Gasteiger partial charge in [0.15, 0.2) is 0 Å². The van der Waals surface area contributed by atoms with Gasteiger partial charge in [-0.15, -0.1) is 0 Å². The maximum absolute atomic E-state index is 11.0. The summed E-state index contributed by atoms with van der Waals surface area (Å²) in [5, 5.41) is 6.08. The molecular formula is C15H25N5O. The second kappa shape index (κ2) is 7.24. The molecule has 0 aliphatic carbocycles. The third-order valence-corrected chi connectivity index (χ3v) is 3.75. The zero-order chi connectivity index (χ0) is 15.2. The van der Waals surface area contributed by atoms with Crippen LogP contribution in [0, 0.1) is 12.8 Å². The van der Waals surface area contributed by atoms with Crippen molar-refractivity contribution >= 4 is 17.7 Å². The molecule has 1 aliphatic heterocycles. The van der Waals surface area contributed by atoms with Crippen LogP contribution in [0.3, 0.4) is 0 Å². The molecule has 6 heteroatoms. The van der Waals surface area contributed by atoms with E-state index in [1.165, 1.54) is 0 Å². The normalized spacial score (nSPS) is 15.9. The number of nitrogens with zero attached hydrogens (tertiary/aromatic N) is 3. The zero-order valence-electron chi connectivity index (χ0n) is 13.1. The van der Waals surface area contributed by atoms with Gasteiger partial charge in [-0.3, -0.25) is 4.79 Å². The summed E-state index contributed by atoms with van der Waals surface area (Å²) in [7, 11) is 0. The third kappa shape index (κ3) is 4.58. The lowest BCUT2D eigenvalue weighted by Crippen LogP contribution is -2.38. The summed E-state index contributed by atoms with van der Waals surface area (Å²) in [5.74, 6) is 2.32. The molecule has 0 bridgehead atoms. The lowest BCUT2D eigenvalue weighted by molar-refractivity contribution is -0.119. The fourth-order valence-electron chi connectivity index (χ4n) is 2.61. The first kappa shape index (κ1) is 15.5. The first-order valence-corrected chi connectivity index (χ1v) is 7.67. The van der Waals surface area contributed by atoms with Crippen molar-refractivity contribution in [2.24, 2.45) is 5.92 Å². The Morgan fingerprint density at radius 3 is 2.71 bits per heavy atom. The molecule has 0 atom stereocenters. The second-order valence-corrected chi connectivity index (χ2v) is 5.59. The van der Waals surface area contributed by atoms with E-state index in [-0.39, 0.29) is 5.91 Å². The minimum atomic E-state index is 0.0548. The first-order valence-electron chi connectivity index (χ1n) is 7.67. The summed E-state index contributed by atoms with van der Waals surface area (Å²) in [5.41, 5.74) is 0.983. The molecule has 1 amide bonds. The molecule has 2 heterocycles. The van der Waals surface area contributed by atoms with Gasteiger partial charge in [0.05, 0.1) is 0 Å². The fourth-order valence-corrected chi connectivity index (χ4v) is 2.61. The van der Waals surface area contributed by atoms with Crippen molar-refractivity contribution in [1.29, 1.82) is 0 Å². The Kier molecular flexibility index (Phi) is 5.36. The molecule has 1 saturated heterocycles. The van der Waals surface area contributed by atoms with E-state index in [1.807, 2.05) is 19.9 Å². The van der Waals surface area contributed by atoms with Crippen LogP contribution in [-0.4, -0.2) is 42.1 Å². The molecule has 1 aromatic rings. The van der Waals surface area contributed by atoms with Crippen molar-refractivity contribution in [3.05, 3.63) is 11.8 Å². The number of hydrogen-bond donors (Lipinski definition) is 2. The lowest BCUT2D eigenvalue weighted by atomic mass is 9.97. The minimum absolute atomic E-state index is 0.0548. The number of rotatable bonds is 5. The molecule has 1 fully saturated rings. The number of carbonyl (C=O) groups is 1. The van der Waals surface area contributed by atoms with E-state index < -0.39 is 0 Å². The smallest absolute Gasteiger partial charge is 0.224 e. The Bertz CT molecular complexity index is 483. The molecule has 2 rings (SSSR count). The monoisotopic (exact) mass is 291 g/mol. The van der Waals surface area contributed by atoms with Crippen molar-refractivity contribution in [1.82, 2.24) is 15.3 Å². The van der Waals surface area contributed by atoms with Crippen molar-refractivity contribution in [2.45, 2.75) is 33.6 Å². The van der Waals surface area contributed by atoms with Gasteiger partial charge in [-0.1, -0.05) is 0 Å². The van der Waals surface area contributed by atoms with Crippen molar-refractivity contribution in [3.63, 3.8) is 0 Å². The quantitative estimate of drug-likeness (QED) is 0.862. The molecule has 0 aromatic carbocycles. The molecule has 0 saturated carbocycles. The van der Waals surface area contributed by atoms with E-state index in [9.17, 15) is 4.79 Å². The summed E-state index contributed by atoms with van der Waals surface area (Å²) in [6.07, 6.45) is 2.17. The van der Waals surface area contributed by atoms with Gasteiger partial charge in [-0.2, -0.15) is 4.98 Å². The molecule has 0 spiro atoms. The molecule has 2 N–H and O–H groups in total. The number of piperidine rings is 1. The maximum Gasteiger partial charge on any atom is 0.224 e. The molecule has 21 heavy (non-hydrogen) atoms. The summed E-state index contributed by atoms with van der Waals surface area (Å²) < 4.78 is 0. The topological polar surface area (TPSA) is 70.2 Å². The number of hydrogen-bond acceptors (Lipinski definition) is 5. The van der Waals surface area contributed by atoms with E-state index in [4.69, 9.17) is 0 Å². The van der Waals surface area contributed by atoms with E-state index in [0.717, 1.165) is 50.5 Å². The highest BCUT2D eigenvalue weighted by molar-refractivity contribution is 5.72. The van der Waals surface area contributed by atoms with E-state index in [2.05, 4.69) is 25.5 Å². The summed E-state index contributed by atoms with van der Waals surface area (Å²) >= 11 is 0. The Labute approximate surface area is 126 Å². The number of nitrogens with one attached hydrogen (secondary N) is 2. The SMILES string of the molecule is CCNc1nc(C)cc(N2CCC(CNC(C)=O)CC2)n1. The Hall–Kier alpha value is -1.85. The predicted octanol–water partition coefficient (Wildman–Crippen LogP) is 1.57. The second-order valence-electron chi connectivity index (χ2n) is 5.59. The highest BCUT2D eigenvalue weighted by Gasteiger charge is 2.20. The molecule has 116 valence electrons. The van der Waals surface area contributed by atoms with Crippen LogP contribution >= 0.6 is 0 Å². The number of aryl methyl sites for hydroxylation is 1.